The number of hydrogen-bond donors (Lipinski definition) is 2. The van der Waals surface area contributed by atoms with E-state index in [1.807, 2.05) is 31.2 Å². The van der Waals surface area contributed by atoms with Crippen LogP contribution in [0.5, 0.6) is 0 Å². The van der Waals surface area contributed by atoms with Gasteiger partial charge in [-0.05, 0) is 50.3 Å². The molecule has 1 aromatic carbocycles. The number of aromatic nitrogens is 3. The number of nitrogens with zero attached hydrogens (tertiary/aromatic N) is 3. The zero-order valence-electron chi connectivity index (χ0n) is 16.7. The van der Waals surface area contributed by atoms with Crippen LogP contribution in [0.25, 0.3) is 0 Å². The first-order valence-electron chi connectivity index (χ1n) is 10.4. The molecule has 1 saturated carbocycles. The minimum absolute atomic E-state index is 0.0722. The molecule has 0 bridgehead atoms. The van der Waals surface area contributed by atoms with Crippen LogP contribution in [-0.2, 0) is 29.1 Å². The van der Waals surface area contributed by atoms with Crippen LogP contribution in [0.15, 0.2) is 29.1 Å². The molecule has 0 radical (unpaired) electrons. The SMILES string of the molecule is CC(NC(=O)Cn1nc2n(c1=O)CCCCC2)c1ccc(NC(=O)C2CC2)cc1. The molecule has 2 N–H and O–H groups in total. The summed E-state index contributed by atoms with van der Waals surface area (Å²) in [6.45, 7) is 2.48. The molecule has 0 spiro atoms. The summed E-state index contributed by atoms with van der Waals surface area (Å²) in [5.41, 5.74) is 1.48. The van der Waals surface area contributed by atoms with Crippen molar-refractivity contribution in [2.24, 2.45) is 5.92 Å². The highest BCUT2D eigenvalue weighted by molar-refractivity contribution is 5.94. The Bertz CT molecular complexity index is 956. The molecule has 2 amide bonds. The third kappa shape index (κ3) is 4.58. The second-order valence-electron chi connectivity index (χ2n) is 7.99. The van der Waals surface area contributed by atoms with Gasteiger partial charge in [-0.25, -0.2) is 9.48 Å². The number of amides is 2. The summed E-state index contributed by atoms with van der Waals surface area (Å²) in [4.78, 5) is 36.8. The highest BCUT2D eigenvalue weighted by Gasteiger charge is 2.29. The molecule has 2 aromatic rings. The Balaban J connectivity index is 1.34. The number of aryl methyl sites for hydroxylation is 1. The van der Waals surface area contributed by atoms with Gasteiger partial charge < -0.3 is 10.6 Å². The molecule has 2 heterocycles. The van der Waals surface area contributed by atoms with E-state index in [-0.39, 0.29) is 36.0 Å². The molecule has 1 aromatic heterocycles. The van der Waals surface area contributed by atoms with Crippen LogP contribution < -0.4 is 16.3 Å². The molecule has 1 aliphatic heterocycles. The lowest BCUT2D eigenvalue weighted by Gasteiger charge is -2.15. The third-order valence-corrected chi connectivity index (χ3v) is 5.58. The van der Waals surface area contributed by atoms with E-state index in [0.717, 1.165) is 55.6 Å². The minimum atomic E-state index is -0.251. The van der Waals surface area contributed by atoms with E-state index in [2.05, 4.69) is 15.7 Å². The number of hydrogen-bond acceptors (Lipinski definition) is 4. The number of carbonyl (C=O) groups is 2. The predicted molar refractivity (Wildman–Crippen MR) is 108 cm³/mol. The predicted octanol–water partition coefficient (Wildman–Crippen LogP) is 2.00. The fraction of sp³-hybridized carbons (Fsp3) is 0.524. The van der Waals surface area contributed by atoms with Gasteiger partial charge in [0.05, 0.1) is 6.04 Å². The lowest BCUT2D eigenvalue weighted by atomic mass is 10.1. The molecule has 1 aliphatic carbocycles. The summed E-state index contributed by atoms with van der Waals surface area (Å²) in [5, 5.41) is 10.2. The van der Waals surface area contributed by atoms with Crippen molar-refractivity contribution in [2.75, 3.05) is 5.32 Å². The average Bonchev–Trinajstić information content (AvgIpc) is 3.52. The molecule has 2 aliphatic rings. The van der Waals surface area contributed by atoms with Crippen molar-refractivity contribution < 1.29 is 9.59 Å². The maximum Gasteiger partial charge on any atom is 0.346 e. The van der Waals surface area contributed by atoms with Gasteiger partial charge in [-0.15, -0.1) is 0 Å². The quantitative estimate of drug-likeness (QED) is 0.779. The van der Waals surface area contributed by atoms with Gasteiger partial charge in [0, 0.05) is 24.6 Å². The molecule has 0 saturated heterocycles. The highest BCUT2D eigenvalue weighted by atomic mass is 16.2. The molecular weight excluding hydrogens is 370 g/mol. The monoisotopic (exact) mass is 397 g/mol. The Morgan fingerprint density at radius 2 is 1.93 bits per heavy atom. The Kier molecular flexibility index (Phi) is 5.51. The molecular formula is C21H27N5O3. The molecule has 8 nitrogen and oxygen atoms in total. The van der Waals surface area contributed by atoms with Crippen molar-refractivity contribution in [3.8, 4) is 0 Å². The van der Waals surface area contributed by atoms with Crippen LogP contribution in [-0.4, -0.2) is 26.2 Å². The maximum atomic E-state index is 12.5. The molecule has 1 atom stereocenters. The Labute approximate surface area is 169 Å². The number of rotatable bonds is 6. The Hall–Kier alpha value is -2.90. The molecule has 1 unspecified atom stereocenters. The normalized spacial score (nSPS) is 17.1. The lowest BCUT2D eigenvalue weighted by Crippen LogP contribution is -2.35. The van der Waals surface area contributed by atoms with E-state index in [4.69, 9.17) is 0 Å². The summed E-state index contributed by atoms with van der Waals surface area (Å²) in [6.07, 6.45) is 5.81. The second-order valence-corrected chi connectivity index (χ2v) is 7.99. The Morgan fingerprint density at radius 3 is 2.66 bits per heavy atom. The number of carbonyl (C=O) groups excluding carboxylic acids is 2. The van der Waals surface area contributed by atoms with E-state index in [0.29, 0.717) is 6.54 Å². The Morgan fingerprint density at radius 1 is 1.17 bits per heavy atom. The maximum absolute atomic E-state index is 12.5. The largest absolute Gasteiger partial charge is 0.348 e. The van der Waals surface area contributed by atoms with Crippen LogP contribution in [0.1, 0.15) is 56.5 Å². The standard InChI is InChI=1S/C21H27N5O3/c1-14(15-8-10-17(11-9-15)23-20(28)16-6-7-16)22-19(27)13-26-21(29)25-12-4-2-3-5-18(25)24-26/h8-11,14,16H,2-7,12-13H2,1H3,(H,22,27)(H,23,28). The van der Waals surface area contributed by atoms with Crippen molar-refractivity contribution >= 4 is 17.5 Å². The van der Waals surface area contributed by atoms with E-state index < -0.39 is 0 Å². The van der Waals surface area contributed by atoms with Crippen molar-refractivity contribution in [1.82, 2.24) is 19.7 Å². The van der Waals surface area contributed by atoms with Gasteiger partial charge in [-0.2, -0.15) is 5.10 Å². The molecule has 154 valence electrons. The number of nitrogens with one attached hydrogen (secondary N) is 2. The van der Waals surface area contributed by atoms with Crippen LogP contribution in [0.4, 0.5) is 5.69 Å². The van der Waals surface area contributed by atoms with Gasteiger partial charge in [0.2, 0.25) is 11.8 Å². The first-order valence-corrected chi connectivity index (χ1v) is 10.4. The summed E-state index contributed by atoms with van der Waals surface area (Å²) in [5.74, 6) is 0.758. The van der Waals surface area contributed by atoms with Gasteiger partial charge >= 0.3 is 5.69 Å². The van der Waals surface area contributed by atoms with Crippen molar-refractivity contribution in [3.05, 3.63) is 46.1 Å². The second kappa shape index (κ2) is 8.23. The molecule has 29 heavy (non-hydrogen) atoms. The number of fused-ring (bicyclic) bond motifs is 1. The number of benzene rings is 1. The minimum Gasteiger partial charge on any atom is -0.348 e. The molecule has 4 rings (SSSR count). The van der Waals surface area contributed by atoms with Gasteiger partial charge in [-0.3, -0.25) is 14.2 Å². The fourth-order valence-electron chi connectivity index (χ4n) is 3.68. The zero-order chi connectivity index (χ0) is 20.4. The van der Waals surface area contributed by atoms with E-state index in [9.17, 15) is 14.4 Å². The lowest BCUT2D eigenvalue weighted by molar-refractivity contribution is -0.122. The molecule has 1 fully saturated rings. The third-order valence-electron chi connectivity index (χ3n) is 5.58. The van der Waals surface area contributed by atoms with Gasteiger partial charge in [0.1, 0.15) is 12.4 Å². The van der Waals surface area contributed by atoms with Gasteiger partial charge in [0.25, 0.3) is 0 Å². The van der Waals surface area contributed by atoms with Crippen molar-refractivity contribution in [1.29, 1.82) is 0 Å². The molecule has 8 heteroatoms. The first-order chi connectivity index (χ1) is 14.0. The fourth-order valence-corrected chi connectivity index (χ4v) is 3.68. The summed E-state index contributed by atoms with van der Waals surface area (Å²) >= 11 is 0. The number of anilines is 1. The summed E-state index contributed by atoms with van der Waals surface area (Å²) in [6, 6.07) is 7.24. The smallest absolute Gasteiger partial charge is 0.346 e. The van der Waals surface area contributed by atoms with Crippen LogP contribution >= 0.6 is 0 Å². The van der Waals surface area contributed by atoms with E-state index >= 15 is 0 Å². The zero-order valence-corrected chi connectivity index (χ0v) is 16.7. The van der Waals surface area contributed by atoms with Crippen LogP contribution in [0.3, 0.4) is 0 Å². The first kappa shape index (κ1) is 19.4. The average molecular weight is 397 g/mol. The van der Waals surface area contributed by atoms with E-state index in [1.165, 1.54) is 4.68 Å². The van der Waals surface area contributed by atoms with E-state index in [1.54, 1.807) is 4.57 Å². The highest BCUT2D eigenvalue weighted by Crippen LogP contribution is 2.30. The summed E-state index contributed by atoms with van der Waals surface area (Å²) in [7, 11) is 0. The van der Waals surface area contributed by atoms with Crippen molar-refractivity contribution in [2.45, 2.75) is 64.6 Å². The van der Waals surface area contributed by atoms with Crippen LogP contribution in [0, 0.1) is 5.92 Å². The topological polar surface area (TPSA) is 98.0 Å². The van der Waals surface area contributed by atoms with Crippen LogP contribution in [0.2, 0.25) is 0 Å². The van der Waals surface area contributed by atoms with Gasteiger partial charge in [0.15, 0.2) is 0 Å². The van der Waals surface area contributed by atoms with Gasteiger partial charge in [-0.1, -0.05) is 18.6 Å². The van der Waals surface area contributed by atoms with Crippen molar-refractivity contribution in [3.63, 3.8) is 0 Å². The summed E-state index contributed by atoms with van der Waals surface area (Å²) < 4.78 is 2.96.